The number of carbonyl (C=O) groups is 2. The number of nitrogens with zero attached hydrogens (tertiary/aromatic N) is 2. The summed E-state index contributed by atoms with van der Waals surface area (Å²) in [4.78, 5) is 29.2. The van der Waals surface area contributed by atoms with Crippen molar-refractivity contribution in [2.75, 3.05) is 25.5 Å². The molecule has 0 saturated carbocycles. The van der Waals surface area contributed by atoms with Crippen molar-refractivity contribution in [2.24, 2.45) is 0 Å². The molecule has 11 heteroatoms. The van der Waals surface area contributed by atoms with E-state index in [9.17, 15) is 24.9 Å². The maximum Gasteiger partial charge on any atom is 0.275 e. The molecule has 0 spiro atoms. The Balaban J connectivity index is 1.61. The first-order chi connectivity index (χ1) is 19.5. The van der Waals surface area contributed by atoms with Gasteiger partial charge in [0.15, 0.2) is 0 Å². The lowest BCUT2D eigenvalue weighted by molar-refractivity contribution is -0.182. The van der Waals surface area contributed by atoms with E-state index in [2.05, 4.69) is 22.1 Å². The summed E-state index contributed by atoms with van der Waals surface area (Å²) in [7, 11) is 1.36. The number of likely N-dealkylation sites (N-methyl/N-ethyl adjacent to an activating group) is 1. The number of benzene rings is 2. The number of amides is 2. The van der Waals surface area contributed by atoms with Crippen molar-refractivity contribution in [2.45, 2.75) is 76.5 Å². The third-order valence-electron chi connectivity index (χ3n) is 7.58. The van der Waals surface area contributed by atoms with Gasteiger partial charge in [0, 0.05) is 49.9 Å². The Morgan fingerprint density at radius 3 is 2.43 bits per heavy atom. The van der Waals surface area contributed by atoms with Gasteiger partial charge in [0.1, 0.15) is 5.82 Å². The minimum absolute atomic E-state index is 0.0852. The lowest BCUT2D eigenvalue weighted by Gasteiger charge is -2.47. The molecule has 2 heterocycles. The number of carbonyl (C=O) groups excluding carboxylic acids is 2. The molecule has 1 fully saturated rings. The number of halogens is 1. The molecule has 1 unspecified atom stereocenters. The molecule has 0 aliphatic carbocycles. The Bertz CT molecular complexity index is 1360. The molecular formula is C31H41FN4O6. The van der Waals surface area contributed by atoms with Gasteiger partial charge in [-0.2, -0.15) is 0 Å². The van der Waals surface area contributed by atoms with Gasteiger partial charge in [0.05, 0.1) is 23.3 Å². The molecule has 2 aliphatic rings. The summed E-state index contributed by atoms with van der Waals surface area (Å²) in [6.45, 7) is 13.2. The number of ether oxygens (including phenoxy) is 1. The van der Waals surface area contributed by atoms with E-state index < -0.39 is 46.0 Å². The van der Waals surface area contributed by atoms with E-state index in [-0.39, 0.29) is 30.6 Å². The number of nitrogens with one attached hydrogen (secondary N) is 2. The van der Waals surface area contributed by atoms with Crippen molar-refractivity contribution in [1.29, 1.82) is 0 Å². The molecular weight excluding hydrogens is 543 g/mol. The number of hydrogen-bond donors (Lipinski definition) is 5. The summed E-state index contributed by atoms with van der Waals surface area (Å²) >= 11 is 0. The van der Waals surface area contributed by atoms with Crippen LogP contribution >= 0.6 is 0 Å². The Morgan fingerprint density at radius 2 is 1.81 bits per heavy atom. The second-order valence-electron chi connectivity index (χ2n) is 12.3. The smallest absolute Gasteiger partial charge is 0.275 e. The van der Waals surface area contributed by atoms with E-state index in [1.165, 1.54) is 43.5 Å². The van der Waals surface area contributed by atoms with Crippen molar-refractivity contribution in [1.82, 2.24) is 15.1 Å². The van der Waals surface area contributed by atoms with E-state index in [0.29, 0.717) is 30.8 Å². The zero-order chi connectivity index (χ0) is 31.1. The summed E-state index contributed by atoms with van der Waals surface area (Å²) in [6.07, 6.45) is 1.71. The SMILES string of the molecule is C=CCCC(O)(C(=O)NC)N1Cc2c(NC(O)(O)c3cc(CN4CC(C)(C)OC(C)(C)C4)ccc3F)cccc2C1=O. The van der Waals surface area contributed by atoms with Gasteiger partial charge < -0.3 is 30.7 Å². The van der Waals surface area contributed by atoms with Gasteiger partial charge in [0.2, 0.25) is 5.72 Å². The fourth-order valence-corrected chi connectivity index (χ4v) is 6.13. The number of aliphatic hydroxyl groups is 3. The highest BCUT2D eigenvalue weighted by Gasteiger charge is 2.48. The van der Waals surface area contributed by atoms with Crippen molar-refractivity contribution in [3.63, 3.8) is 0 Å². The van der Waals surface area contributed by atoms with E-state index >= 15 is 4.39 Å². The molecule has 0 bridgehead atoms. The molecule has 42 heavy (non-hydrogen) atoms. The number of anilines is 1. The summed E-state index contributed by atoms with van der Waals surface area (Å²) in [5.74, 6) is -5.04. The third kappa shape index (κ3) is 6.35. The summed E-state index contributed by atoms with van der Waals surface area (Å²) < 4.78 is 21.2. The van der Waals surface area contributed by atoms with E-state index in [0.717, 1.165) is 4.90 Å². The average Bonchev–Trinajstić information content (AvgIpc) is 3.23. The zero-order valence-electron chi connectivity index (χ0n) is 24.8. The minimum Gasteiger partial charge on any atom is -0.367 e. The molecule has 2 aromatic rings. The topological polar surface area (TPSA) is 135 Å². The van der Waals surface area contributed by atoms with Gasteiger partial charge in [-0.25, -0.2) is 4.39 Å². The van der Waals surface area contributed by atoms with Crippen LogP contribution in [0.2, 0.25) is 0 Å². The second-order valence-corrected chi connectivity index (χ2v) is 12.3. The maximum atomic E-state index is 15.1. The highest BCUT2D eigenvalue weighted by atomic mass is 19.1. The van der Waals surface area contributed by atoms with Crippen molar-refractivity contribution in [3.05, 3.63) is 77.1 Å². The summed E-state index contributed by atoms with van der Waals surface area (Å²) in [6, 6.07) is 8.74. The molecule has 10 nitrogen and oxygen atoms in total. The van der Waals surface area contributed by atoms with E-state index in [4.69, 9.17) is 4.74 Å². The number of allylic oxidation sites excluding steroid dienone is 1. The van der Waals surface area contributed by atoms with Crippen LogP contribution in [0.1, 0.15) is 67.6 Å². The Hall–Kier alpha value is -3.35. The molecule has 5 N–H and O–H groups in total. The zero-order valence-corrected chi connectivity index (χ0v) is 24.8. The monoisotopic (exact) mass is 584 g/mol. The van der Waals surface area contributed by atoms with Gasteiger partial charge in [-0.3, -0.25) is 19.4 Å². The summed E-state index contributed by atoms with van der Waals surface area (Å²) in [5, 5.41) is 38.5. The molecule has 4 rings (SSSR count). The van der Waals surface area contributed by atoms with Gasteiger partial charge in [-0.1, -0.05) is 18.2 Å². The lowest BCUT2D eigenvalue weighted by Crippen LogP contribution is -2.58. The molecule has 0 radical (unpaired) electrons. The molecule has 0 aromatic heterocycles. The van der Waals surface area contributed by atoms with Crippen molar-refractivity contribution < 1.29 is 34.0 Å². The van der Waals surface area contributed by atoms with Crippen LogP contribution in [0, 0.1) is 5.82 Å². The highest BCUT2D eigenvalue weighted by molar-refractivity contribution is 6.03. The predicted octanol–water partition coefficient (Wildman–Crippen LogP) is 2.78. The average molecular weight is 585 g/mol. The predicted molar refractivity (Wildman–Crippen MR) is 155 cm³/mol. The maximum absolute atomic E-state index is 15.1. The molecule has 1 saturated heterocycles. The van der Waals surface area contributed by atoms with Crippen molar-refractivity contribution >= 4 is 17.5 Å². The normalized spacial score (nSPS) is 19.6. The first-order valence-electron chi connectivity index (χ1n) is 14.0. The molecule has 2 amide bonds. The van der Waals surface area contributed by atoms with Crippen LogP contribution in [-0.2, 0) is 28.5 Å². The van der Waals surface area contributed by atoms with E-state index in [1.54, 1.807) is 6.07 Å². The minimum atomic E-state index is -2.85. The first kappa shape index (κ1) is 31.6. The molecule has 228 valence electrons. The van der Waals surface area contributed by atoms with Crippen LogP contribution in [0.3, 0.4) is 0 Å². The second kappa shape index (κ2) is 11.4. The molecule has 1 atom stereocenters. The molecule has 2 aliphatic heterocycles. The van der Waals surface area contributed by atoms with Gasteiger partial charge in [-0.05, 0) is 63.9 Å². The Labute approximate surface area is 245 Å². The van der Waals surface area contributed by atoms with Crippen LogP contribution in [-0.4, -0.2) is 74.0 Å². The Kier molecular flexibility index (Phi) is 8.56. The lowest BCUT2D eigenvalue weighted by atomic mass is 9.98. The van der Waals surface area contributed by atoms with Crippen molar-refractivity contribution in [3.8, 4) is 0 Å². The summed E-state index contributed by atoms with van der Waals surface area (Å²) in [5.41, 5.74) is -2.02. The van der Waals surface area contributed by atoms with Crippen LogP contribution in [0.25, 0.3) is 0 Å². The van der Waals surface area contributed by atoms with Crippen LogP contribution < -0.4 is 10.6 Å². The van der Waals surface area contributed by atoms with Crippen LogP contribution in [0.5, 0.6) is 0 Å². The number of fused-ring (bicyclic) bond motifs is 1. The largest absolute Gasteiger partial charge is 0.367 e. The number of hydrogen-bond acceptors (Lipinski definition) is 8. The molecule has 2 aromatic carbocycles. The third-order valence-corrected chi connectivity index (χ3v) is 7.58. The number of rotatable bonds is 10. The van der Waals surface area contributed by atoms with Gasteiger partial charge in [0.25, 0.3) is 17.7 Å². The van der Waals surface area contributed by atoms with Gasteiger partial charge in [-0.15, -0.1) is 6.58 Å². The fourth-order valence-electron chi connectivity index (χ4n) is 6.13. The van der Waals surface area contributed by atoms with Gasteiger partial charge >= 0.3 is 0 Å². The fraction of sp³-hybridized carbons (Fsp3) is 0.484. The highest BCUT2D eigenvalue weighted by Crippen LogP contribution is 2.37. The van der Waals surface area contributed by atoms with E-state index in [1.807, 2.05) is 27.7 Å². The first-order valence-corrected chi connectivity index (χ1v) is 14.0. The Morgan fingerprint density at radius 1 is 1.14 bits per heavy atom. The quantitative estimate of drug-likeness (QED) is 0.213. The standard InChI is InChI=1S/C31H41FN4O6/c1-7-8-14-30(39,27(38)33-6)36-17-22-21(26(36)37)10-9-11-25(22)34-31(40,41)23-15-20(12-13-24(23)32)16-35-18-28(2,3)42-29(4,5)19-35/h7,9-13,15,34,39-41H,1,8,14,16-19H2,2-6H3,(H,33,38). The number of morpholine rings is 1. The van der Waals surface area contributed by atoms with Crippen LogP contribution in [0.4, 0.5) is 10.1 Å². The van der Waals surface area contributed by atoms with Crippen LogP contribution in [0.15, 0.2) is 49.1 Å².